The van der Waals surface area contributed by atoms with Crippen LogP contribution in [-0.2, 0) is 5.60 Å². The largest absolute Gasteiger partial charge is 0.497 e. The zero-order valence-corrected chi connectivity index (χ0v) is 19.7. The van der Waals surface area contributed by atoms with E-state index in [0.717, 1.165) is 37.5 Å². The molecule has 28 heavy (non-hydrogen) atoms. The summed E-state index contributed by atoms with van der Waals surface area (Å²) in [4.78, 5) is 0. The summed E-state index contributed by atoms with van der Waals surface area (Å²) < 4.78 is 20.1. The Morgan fingerprint density at radius 3 is 1.89 bits per heavy atom. The first kappa shape index (κ1) is 19.6. The molecule has 0 aliphatic carbocycles. The van der Waals surface area contributed by atoms with Gasteiger partial charge >= 0.3 is 0 Å². The lowest BCUT2D eigenvalue weighted by molar-refractivity contribution is 0.158. The van der Waals surface area contributed by atoms with Gasteiger partial charge in [-0.3, -0.25) is 0 Å². The third-order valence-electron chi connectivity index (χ3n) is 4.84. The minimum Gasteiger partial charge on any atom is -0.497 e. The third kappa shape index (κ3) is 3.18. The molecular weight excluding hydrogens is 578 g/mol. The van der Waals surface area contributed by atoms with Gasteiger partial charge in [-0.25, -0.2) is 0 Å². The van der Waals surface area contributed by atoms with E-state index in [9.17, 15) is 0 Å². The van der Waals surface area contributed by atoms with Crippen LogP contribution in [0, 0.1) is 0 Å². The van der Waals surface area contributed by atoms with E-state index in [1.807, 2.05) is 54.6 Å². The normalized spacial score (nSPS) is 14.9. The van der Waals surface area contributed by atoms with Crippen LogP contribution in [0.25, 0.3) is 3.58 Å². The van der Waals surface area contributed by atoms with Crippen LogP contribution in [0.15, 0.2) is 76.4 Å². The zero-order valence-electron chi connectivity index (χ0n) is 15.4. The third-order valence-corrected chi connectivity index (χ3v) is 8.29. The summed E-state index contributed by atoms with van der Waals surface area (Å²) in [5.74, 6) is 2.45. The number of para-hydroxylation sites is 1. The van der Waals surface area contributed by atoms with Crippen molar-refractivity contribution in [1.29, 1.82) is 0 Å². The summed E-state index contributed by atoms with van der Waals surface area (Å²) in [5.41, 5.74) is 2.34. The summed E-state index contributed by atoms with van der Waals surface area (Å²) in [7, 11) is 3.36. The number of benzene rings is 3. The molecule has 0 saturated heterocycles. The molecule has 0 bridgehead atoms. The molecule has 3 aromatic carbocycles. The average Bonchev–Trinajstić information content (AvgIpc) is 2.76. The molecule has 4 rings (SSSR count). The van der Waals surface area contributed by atoms with Crippen molar-refractivity contribution >= 4 is 48.8 Å². The highest BCUT2D eigenvalue weighted by molar-refractivity contribution is 14.1. The van der Waals surface area contributed by atoms with Crippen LogP contribution in [0.2, 0.25) is 0 Å². The van der Waals surface area contributed by atoms with Gasteiger partial charge in [0, 0.05) is 20.3 Å². The molecule has 0 fully saturated rings. The molecule has 0 aromatic heterocycles. The van der Waals surface area contributed by atoms with Crippen LogP contribution < -0.4 is 14.2 Å². The van der Waals surface area contributed by atoms with Gasteiger partial charge in [0.1, 0.15) is 17.2 Å². The summed E-state index contributed by atoms with van der Waals surface area (Å²) >= 11 is 4.83. The number of hydrogen-bond acceptors (Lipinski definition) is 3. The number of fused-ring (bicyclic) bond motifs is 1. The first-order valence-corrected chi connectivity index (χ1v) is 10.9. The minimum absolute atomic E-state index is 0.783. The van der Waals surface area contributed by atoms with E-state index in [2.05, 4.69) is 63.4 Å². The lowest BCUT2D eigenvalue weighted by Crippen LogP contribution is -2.37. The van der Waals surface area contributed by atoms with Crippen molar-refractivity contribution in [3.8, 4) is 17.2 Å². The van der Waals surface area contributed by atoms with Gasteiger partial charge in [-0.2, -0.15) is 0 Å². The molecule has 0 amide bonds. The van der Waals surface area contributed by atoms with Gasteiger partial charge in [-0.1, -0.05) is 42.5 Å². The zero-order chi connectivity index (χ0) is 19.7. The van der Waals surface area contributed by atoms with Crippen molar-refractivity contribution in [3.05, 3.63) is 93.1 Å². The van der Waals surface area contributed by atoms with Crippen molar-refractivity contribution in [2.24, 2.45) is 0 Å². The van der Waals surface area contributed by atoms with E-state index in [4.69, 9.17) is 14.2 Å². The maximum atomic E-state index is 6.79. The Kier molecular flexibility index (Phi) is 5.55. The predicted octanol–water partition coefficient (Wildman–Crippen LogP) is 6.58. The Bertz CT molecular complexity index is 1010. The van der Waals surface area contributed by atoms with Crippen molar-refractivity contribution in [2.75, 3.05) is 14.2 Å². The van der Waals surface area contributed by atoms with Crippen LogP contribution >= 0.6 is 45.2 Å². The van der Waals surface area contributed by atoms with Crippen molar-refractivity contribution in [3.63, 3.8) is 0 Å². The van der Waals surface area contributed by atoms with Crippen LogP contribution in [0.3, 0.4) is 0 Å². The molecule has 142 valence electrons. The monoisotopic (exact) mass is 596 g/mol. The van der Waals surface area contributed by atoms with Gasteiger partial charge in [-0.15, -0.1) is 0 Å². The highest BCUT2D eigenvalue weighted by Crippen LogP contribution is 2.54. The van der Waals surface area contributed by atoms with E-state index < -0.39 is 5.60 Å². The second kappa shape index (κ2) is 7.94. The molecule has 0 atom stereocenters. The van der Waals surface area contributed by atoms with Crippen molar-refractivity contribution in [1.82, 2.24) is 0 Å². The van der Waals surface area contributed by atoms with Crippen molar-refractivity contribution in [2.45, 2.75) is 5.60 Å². The van der Waals surface area contributed by atoms with E-state index >= 15 is 0 Å². The van der Waals surface area contributed by atoms with Gasteiger partial charge in [0.05, 0.1) is 17.8 Å². The Morgan fingerprint density at radius 1 is 0.750 bits per heavy atom. The first-order valence-electron chi connectivity index (χ1n) is 8.73. The van der Waals surface area contributed by atoms with Gasteiger partial charge < -0.3 is 14.2 Å². The number of methoxy groups -OCH3 is 2. The highest BCUT2D eigenvalue weighted by atomic mass is 127. The van der Waals surface area contributed by atoms with Crippen molar-refractivity contribution < 1.29 is 14.2 Å². The average molecular weight is 596 g/mol. The summed E-state index contributed by atoms with van der Waals surface area (Å²) in [6, 6.07) is 24.3. The lowest BCUT2D eigenvalue weighted by atomic mass is 9.83. The molecule has 3 aromatic rings. The molecule has 1 aliphatic rings. The highest BCUT2D eigenvalue weighted by Gasteiger charge is 2.45. The van der Waals surface area contributed by atoms with Crippen LogP contribution in [0.1, 0.15) is 16.7 Å². The fraction of sp³-hybridized carbons (Fsp3) is 0.130. The molecule has 0 spiro atoms. The molecule has 0 saturated carbocycles. The second-order valence-electron chi connectivity index (χ2n) is 6.37. The summed E-state index contributed by atoms with van der Waals surface area (Å²) in [5, 5.41) is 0. The molecule has 1 aliphatic heterocycles. The van der Waals surface area contributed by atoms with Gasteiger partial charge in [0.25, 0.3) is 0 Å². The minimum atomic E-state index is -0.783. The molecule has 1 heterocycles. The van der Waals surface area contributed by atoms with Gasteiger partial charge in [-0.05, 0) is 75.5 Å². The van der Waals surface area contributed by atoms with Gasteiger partial charge in [0.2, 0.25) is 0 Å². The maximum Gasteiger partial charge on any atom is 0.191 e. The van der Waals surface area contributed by atoms with E-state index in [0.29, 0.717) is 0 Å². The number of rotatable bonds is 4. The fourth-order valence-corrected chi connectivity index (χ4v) is 5.29. The maximum absolute atomic E-state index is 6.79. The quantitative estimate of drug-likeness (QED) is 0.319. The molecule has 3 nitrogen and oxygen atoms in total. The molecule has 0 N–H and O–H groups in total. The van der Waals surface area contributed by atoms with E-state index in [-0.39, 0.29) is 0 Å². The van der Waals surface area contributed by atoms with Gasteiger partial charge in [0.15, 0.2) is 5.60 Å². The number of hydrogen-bond donors (Lipinski definition) is 0. The Labute approximate surface area is 192 Å². The molecule has 0 unspecified atom stereocenters. The molecular formula is C23H18I2O3. The number of ether oxygens (including phenoxy) is 3. The van der Waals surface area contributed by atoms with Crippen LogP contribution in [0.5, 0.6) is 17.2 Å². The Balaban J connectivity index is 2.04. The SMILES string of the molecule is COc1cccc(C2(c3cccc(OC)c3)Oc3ccccc3C(I)=C2I)c1. The summed E-state index contributed by atoms with van der Waals surface area (Å²) in [6.07, 6.45) is 0. The topological polar surface area (TPSA) is 27.7 Å². The lowest BCUT2D eigenvalue weighted by Gasteiger charge is -2.40. The van der Waals surface area contributed by atoms with E-state index in [1.165, 1.54) is 3.58 Å². The summed E-state index contributed by atoms with van der Waals surface area (Å²) in [6.45, 7) is 0. The Morgan fingerprint density at radius 2 is 1.32 bits per heavy atom. The van der Waals surface area contributed by atoms with Crippen LogP contribution in [-0.4, -0.2) is 14.2 Å². The Hall–Kier alpha value is -1.74. The van der Waals surface area contributed by atoms with Crippen LogP contribution in [0.4, 0.5) is 0 Å². The standard InChI is InChI=1S/C23H18I2O3/c1-26-17-9-5-7-15(13-17)23(16-8-6-10-18(14-16)27-2)22(25)21(24)19-11-3-4-12-20(19)28-23/h3-14H,1-2H3. The first-order chi connectivity index (χ1) is 13.6. The fourth-order valence-electron chi connectivity index (χ4n) is 3.44. The van der Waals surface area contributed by atoms with E-state index in [1.54, 1.807) is 14.2 Å². The second-order valence-corrected chi connectivity index (χ2v) is 8.53. The smallest absolute Gasteiger partial charge is 0.191 e. The predicted molar refractivity (Wildman–Crippen MR) is 129 cm³/mol. The molecule has 5 heteroatoms. The molecule has 0 radical (unpaired) electrons. The number of halogens is 2.